The molecule has 1 aromatic heterocycles. The highest BCUT2D eigenvalue weighted by Gasteiger charge is 2.41. The van der Waals surface area contributed by atoms with E-state index in [0.717, 1.165) is 11.8 Å². The first-order valence-corrected chi connectivity index (χ1v) is 5.62. The maximum Gasteiger partial charge on any atom is 0.399 e. The fourth-order valence-electron chi connectivity index (χ4n) is 1.01. The molecule has 1 aromatic rings. The maximum absolute atomic E-state index is 12.5. The number of alkyl halides is 3. The van der Waals surface area contributed by atoms with Gasteiger partial charge in [-0.3, -0.25) is 5.41 Å². The highest BCUT2D eigenvalue weighted by molar-refractivity contribution is 7.99. The Labute approximate surface area is 100 Å². The second kappa shape index (κ2) is 5.35. The number of hydrogen-bond donors (Lipinski definition) is 2. The van der Waals surface area contributed by atoms with Gasteiger partial charge in [-0.1, -0.05) is 11.8 Å². The minimum atomic E-state index is -4.51. The van der Waals surface area contributed by atoms with Crippen molar-refractivity contribution in [1.29, 1.82) is 5.41 Å². The molecular weight excluding hydrogens is 253 g/mol. The van der Waals surface area contributed by atoms with Crippen molar-refractivity contribution in [2.24, 2.45) is 11.7 Å². The van der Waals surface area contributed by atoms with Gasteiger partial charge in [0, 0.05) is 17.6 Å². The van der Waals surface area contributed by atoms with E-state index in [1.54, 1.807) is 13.0 Å². The molecule has 8 heteroatoms. The number of nitrogens with zero attached hydrogens (tertiary/aromatic N) is 2. The lowest BCUT2D eigenvalue weighted by molar-refractivity contribution is -0.150. The van der Waals surface area contributed by atoms with E-state index >= 15 is 0 Å². The Morgan fingerprint density at radius 2 is 2.24 bits per heavy atom. The second-order valence-electron chi connectivity index (χ2n) is 3.34. The van der Waals surface area contributed by atoms with E-state index in [-0.39, 0.29) is 10.9 Å². The Bertz CT molecular complexity index is 407. The van der Waals surface area contributed by atoms with Gasteiger partial charge >= 0.3 is 6.18 Å². The van der Waals surface area contributed by atoms with Crippen molar-refractivity contribution in [1.82, 2.24) is 9.97 Å². The van der Waals surface area contributed by atoms with Crippen LogP contribution in [0.5, 0.6) is 0 Å². The molecule has 0 saturated heterocycles. The Balaban J connectivity index is 2.68. The minimum absolute atomic E-state index is 0.250. The van der Waals surface area contributed by atoms with Gasteiger partial charge in [0.05, 0.1) is 0 Å². The Kier molecular flexibility index (Phi) is 4.33. The zero-order valence-electron chi connectivity index (χ0n) is 8.95. The van der Waals surface area contributed by atoms with Crippen LogP contribution in [-0.4, -0.2) is 27.7 Å². The number of aromatic nitrogens is 2. The molecule has 1 unspecified atom stereocenters. The van der Waals surface area contributed by atoms with Crippen molar-refractivity contribution < 1.29 is 13.2 Å². The first kappa shape index (κ1) is 13.8. The first-order valence-electron chi connectivity index (χ1n) is 4.64. The van der Waals surface area contributed by atoms with E-state index in [1.165, 1.54) is 6.20 Å². The maximum atomic E-state index is 12.5. The van der Waals surface area contributed by atoms with Crippen molar-refractivity contribution in [2.45, 2.75) is 18.3 Å². The fourth-order valence-corrected chi connectivity index (χ4v) is 2.04. The zero-order valence-corrected chi connectivity index (χ0v) is 9.77. The monoisotopic (exact) mass is 264 g/mol. The van der Waals surface area contributed by atoms with Gasteiger partial charge < -0.3 is 5.73 Å². The van der Waals surface area contributed by atoms with Gasteiger partial charge in [0.25, 0.3) is 0 Å². The number of nitrogens with two attached hydrogens (primary N) is 1. The highest BCUT2D eigenvalue weighted by atomic mass is 32.2. The van der Waals surface area contributed by atoms with Gasteiger partial charge in [-0.25, -0.2) is 9.97 Å². The Hall–Kier alpha value is -1.31. The molecule has 3 N–H and O–H groups in total. The lowest BCUT2D eigenvalue weighted by Gasteiger charge is -2.17. The topological polar surface area (TPSA) is 75.7 Å². The van der Waals surface area contributed by atoms with Crippen LogP contribution in [-0.2, 0) is 0 Å². The van der Waals surface area contributed by atoms with Gasteiger partial charge in [0.1, 0.15) is 11.8 Å². The van der Waals surface area contributed by atoms with Crippen LogP contribution in [0, 0.1) is 18.3 Å². The summed E-state index contributed by atoms with van der Waals surface area (Å²) in [5.41, 5.74) is 5.60. The molecule has 0 aliphatic carbocycles. The fraction of sp³-hybridized carbons (Fsp3) is 0.444. The van der Waals surface area contributed by atoms with E-state index < -0.39 is 17.9 Å². The molecule has 0 fully saturated rings. The predicted octanol–water partition coefficient (Wildman–Crippen LogP) is 1.99. The predicted molar refractivity (Wildman–Crippen MR) is 59.0 cm³/mol. The van der Waals surface area contributed by atoms with Crippen molar-refractivity contribution in [3.05, 3.63) is 18.0 Å². The zero-order chi connectivity index (χ0) is 13.1. The number of thioether (sulfide) groups is 1. The number of amidine groups is 1. The van der Waals surface area contributed by atoms with Crippen LogP contribution in [0.1, 0.15) is 5.69 Å². The van der Waals surface area contributed by atoms with Crippen molar-refractivity contribution >= 4 is 17.6 Å². The molecule has 94 valence electrons. The third kappa shape index (κ3) is 4.22. The van der Waals surface area contributed by atoms with Crippen LogP contribution in [0.4, 0.5) is 13.2 Å². The summed E-state index contributed by atoms with van der Waals surface area (Å²) < 4.78 is 37.4. The molecule has 17 heavy (non-hydrogen) atoms. The summed E-state index contributed by atoms with van der Waals surface area (Å²) in [5, 5.41) is 7.17. The number of aryl methyl sites for hydroxylation is 1. The summed E-state index contributed by atoms with van der Waals surface area (Å²) in [5.74, 6) is -3.24. The number of hydrogen-bond acceptors (Lipinski definition) is 4. The summed E-state index contributed by atoms with van der Waals surface area (Å²) in [6, 6.07) is 1.65. The van der Waals surface area contributed by atoms with E-state index in [2.05, 4.69) is 9.97 Å². The van der Waals surface area contributed by atoms with Gasteiger partial charge in [0.2, 0.25) is 0 Å². The van der Waals surface area contributed by atoms with E-state index in [4.69, 9.17) is 11.1 Å². The molecular formula is C9H11F3N4S. The van der Waals surface area contributed by atoms with Crippen molar-refractivity contribution in [3.8, 4) is 0 Å². The molecule has 4 nitrogen and oxygen atoms in total. The van der Waals surface area contributed by atoms with Crippen LogP contribution in [0.25, 0.3) is 0 Å². The molecule has 0 aliphatic rings. The molecule has 1 rings (SSSR count). The summed E-state index contributed by atoms with van der Waals surface area (Å²) in [4.78, 5) is 7.79. The smallest absolute Gasteiger partial charge is 0.387 e. The number of nitrogens with one attached hydrogen (secondary N) is 1. The largest absolute Gasteiger partial charge is 0.399 e. The molecule has 1 atom stereocenters. The molecule has 0 radical (unpaired) electrons. The first-order chi connectivity index (χ1) is 7.80. The van der Waals surface area contributed by atoms with Crippen LogP contribution >= 0.6 is 11.8 Å². The summed E-state index contributed by atoms with van der Waals surface area (Å²) in [7, 11) is 0. The SMILES string of the molecule is Cc1ccnc(SCC(C(=N)N)C(F)(F)F)n1. The Morgan fingerprint density at radius 3 is 2.71 bits per heavy atom. The van der Waals surface area contributed by atoms with Gasteiger partial charge in [-0.05, 0) is 13.0 Å². The molecule has 0 amide bonds. The van der Waals surface area contributed by atoms with Gasteiger partial charge in [0.15, 0.2) is 5.16 Å². The molecule has 0 aromatic carbocycles. The normalized spacial score (nSPS) is 13.4. The van der Waals surface area contributed by atoms with Gasteiger partial charge in [-0.2, -0.15) is 13.2 Å². The Morgan fingerprint density at radius 1 is 1.59 bits per heavy atom. The average molecular weight is 264 g/mol. The average Bonchev–Trinajstić information content (AvgIpc) is 2.15. The van der Waals surface area contributed by atoms with Gasteiger partial charge in [-0.15, -0.1) is 0 Å². The summed E-state index contributed by atoms with van der Waals surface area (Å²) in [6.45, 7) is 1.72. The summed E-state index contributed by atoms with van der Waals surface area (Å²) >= 11 is 0.835. The molecule has 0 aliphatic heterocycles. The van der Waals surface area contributed by atoms with Crippen LogP contribution in [0.3, 0.4) is 0 Å². The minimum Gasteiger partial charge on any atom is -0.387 e. The number of halogens is 3. The standard InChI is InChI=1S/C9H11F3N4S/c1-5-2-3-15-8(16-5)17-4-6(7(13)14)9(10,11)12/h2-3,6H,4H2,1H3,(H3,13,14). The van der Waals surface area contributed by atoms with Crippen LogP contribution < -0.4 is 5.73 Å². The third-order valence-electron chi connectivity index (χ3n) is 1.92. The molecule has 0 saturated carbocycles. The highest BCUT2D eigenvalue weighted by Crippen LogP contribution is 2.30. The van der Waals surface area contributed by atoms with Crippen LogP contribution in [0.15, 0.2) is 17.4 Å². The lowest BCUT2D eigenvalue weighted by atomic mass is 10.1. The quantitative estimate of drug-likeness (QED) is 0.377. The lowest BCUT2D eigenvalue weighted by Crippen LogP contribution is -2.37. The molecule has 1 heterocycles. The molecule has 0 bridgehead atoms. The summed E-state index contributed by atoms with van der Waals surface area (Å²) in [6.07, 6.45) is -3.04. The van der Waals surface area contributed by atoms with E-state index in [0.29, 0.717) is 5.69 Å². The third-order valence-corrected chi connectivity index (χ3v) is 2.88. The second-order valence-corrected chi connectivity index (χ2v) is 4.33. The van der Waals surface area contributed by atoms with Crippen molar-refractivity contribution in [2.75, 3.05) is 5.75 Å². The number of rotatable bonds is 4. The molecule has 0 spiro atoms. The van der Waals surface area contributed by atoms with Crippen LogP contribution in [0.2, 0.25) is 0 Å². The van der Waals surface area contributed by atoms with E-state index in [9.17, 15) is 13.2 Å². The van der Waals surface area contributed by atoms with E-state index in [1.807, 2.05) is 0 Å². The van der Waals surface area contributed by atoms with Crippen molar-refractivity contribution in [3.63, 3.8) is 0 Å².